The van der Waals surface area contributed by atoms with Crippen LogP contribution in [0.5, 0.6) is 0 Å². The maximum absolute atomic E-state index is 13.4. The summed E-state index contributed by atoms with van der Waals surface area (Å²) >= 11 is 0. The minimum absolute atomic E-state index is 0.161. The van der Waals surface area contributed by atoms with Gasteiger partial charge >= 0.3 is 6.18 Å². The van der Waals surface area contributed by atoms with Crippen LogP contribution in [0.3, 0.4) is 0 Å². The second-order valence-electron chi connectivity index (χ2n) is 8.29. The molecule has 1 amide bonds. The third kappa shape index (κ3) is 3.98. The number of nitrogens with zero attached hydrogens (tertiary/aromatic N) is 6. The molecule has 3 heterocycles. The van der Waals surface area contributed by atoms with Crippen molar-refractivity contribution in [2.24, 2.45) is 0 Å². The first kappa shape index (κ1) is 23.2. The van der Waals surface area contributed by atoms with E-state index in [1.807, 2.05) is 32.0 Å². The highest BCUT2D eigenvalue weighted by Crippen LogP contribution is 2.32. The molecule has 0 aliphatic carbocycles. The monoisotopic (exact) mass is 491 g/mol. The van der Waals surface area contributed by atoms with Crippen LogP contribution in [-0.4, -0.2) is 35.4 Å². The summed E-state index contributed by atoms with van der Waals surface area (Å²) in [5.74, 6) is -0.432. The molecule has 3 aromatic heterocycles. The summed E-state index contributed by atoms with van der Waals surface area (Å²) in [7, 11) is 0. The minimum atomic E-state index is -4.68. The molecule has 0 bridgehead atoms. The molecule has 1 N–H and O–H groups in total. The van der Waals surface area contributed by atoms with Crippen LogP contribution in [0, 0.1) is 20.8 Å². The highest BCUT2D eigenvalue weighted by atomic mass is 19.4. The summed E-state index contributed by atoms with van der Waals surface area (Å²) < 4.78 is 43.4. The van der Waals surface area contributed by atoms with E-state index in [2.05, 4.69) is 25.5 Å². The van der Waals surface area contributed by atoms with Crippen LogP contribution < -0.4 is 5.32 Å². The summed E-state index contributed by atoms with van der Waals surface area (Å²) in [5, 5.41) is 12.0. The van der Waals surface area contributed by atoms with E-state index >= 15 is 0 Å². The van der Waals surface area contributed by atoms with E-state index in [0.29, 0.717) is 22.5 Å². The Hall–Kier alpha value is -4.54. The van der Waals surface area contributed by atoms with E-state index in [9.17, 15) is 18.0 Å². The van der Waals surface area contributed by atoms with Gasteiger partial charge in [0.2, 0.25) is 0 Å². The largest absolute Gasteiger partial charge is 0.417 e. The first-order valence-electron chi connectivity index (χ1n) is 10.9. The Balaban J connectivity index is 1.58. The van der Waals surface area contributed by atoms with Crippen LogP contribution in [0.1, 0.15) is 32.7 Å². The molecule has 5 rings (SSSR count). The quantitative estimate of drug-likeness (QED) is 0.373. The topological polar surface area (TPSA) is 90.5 Å². The maximum Gasteiger partial charge on any atom is 0.417 e. The van der Waals surface area contributed by atoms with E-state index in [1.54, 1.807) is 23.9 Å². The van der Waals surface area contributed by atoms with Crippen molar-refractivity contribution in [2.75, 3.05) is 5.32 Å². The molecular weight excluding hydrogens is 471 g/mol. The number of alkyl halides is 3. The summed E-state index contributed by atoms with van der Waals surface area (Å²) in [6.45, 7) is 5.70. The first-order valence-corrected chi connectivity index (χ1v) is 10.9. The number of halogens is 3. The van der Waals surface area contributed by atoms with Gasteiger partial charge in [0, 0.05) is 6.07 Å². The zero-order valence-electron chi connectivity index (χ0n) is 19.5. The van der Waals surface area contributed by atoms with Crippen LogP contribution in [0.25, 0.3) is 22.5 Å². The van der Waals surface area contributed by atoms with Gasteiger partial charge in [-0.05, 0) is 50.1 Å². The number of amides is 1. The van der Waals surface area contributed by atoms with Crippen molar-refractivity contribution in [3.63, 3.8) is 0 Å². The van der Waals surface area contributed by atoms with Crippen molar-refractivity contribution in [1.29, 1.82) is 0 Å². The fourth-order valence-electron chi connectivity index (χ4n) is 4.00. The Morgan fingerprint density at radius 2 is 1.75 bits per heavy atom. The molecular formula is C25H20F3N7O. The first-order chi connectivity index (χ1) is 17.1. The van der Waals surface area contributed by atoms with E-state index in [1.165, 1.54) is 23.1 Å². The van der Waals surface area contributed by atoms with Crippen LogP contribution in [0.2, 0.25) is 0 Å². The van der Waals surface area contributed by atoms with Gasteiger partial charge in [0.15, 0.2) is 11.5 Å². The fourth-order valence-corrected chi connectivity index (χ4v) is 4.00. The van der Waals surface area contributed by atoms with Gasteiger partial charge in [-0.25, -0.2) is 14.6 Å². The second kappa shape index (κ2) is 8.59. The van der Waals surface area contributed by atoms with E-state index < -0.39 is 23.2 Å². The van der Waals surface area contributed by atoms with Gasteiger partial charge in [-0.3, -0.25) is 4.79 Å². The predicted octanol–water partition coefficient (Wildman–Crippen LogP) is 5.20. The zero-order chi connectivity index (χ0) is 25.6. The number of rotatable bonds is 4. The molecule has 0 aliphatic heterocycles. The number of aryl methyl sites for hydroxylation is 2. The zero-order valence-corrected chi connectivity index (χ0v) is 19.5. The minimum Gasteiger partial charge on any atom is -0.306 e. The van der Waals surface area contributed by atoms with Crippen molar-refractivity contribution in [1.82, 2.24) is 29.5 Å². The predicted molar refractivity (Wildman–Crippen MR) is 127 cm³/mol. The Bertz CT molecular complexity index is 1620. The number of carbonyl (C=O) groups is 1. The van der Waals surface area contributed by atoms with Crippen molar-refractivity contribution in [2.45, 2.75) is 26.9 Å². The van der Waals surface area contributed by atoms with Crippen LogP contribution >= 0.6 is 0 Å². The lowest BCUT2D eigenvalue weighted by atomic mass is 10.1. The van der Waals surface area contributed by atoms with Gasteiger partial charge in [-0.15, -0.1) is 0 Å². The third-order valence-electron chi connectivity index (χ3n) is 5.90. The number of nitrogens with one attached hydrogen (secondary N) is 1. The summed E-state index contributed by atoms with van der Waals surface area (Å²) in [4.78, 5) is 21.6. The van der Waals surface area contributed by atoms with Crippen LogP contribution in [0.15, 0.2) is 61.1 Å². The molecule has 182 valence electrons. The molecule has 5 aromatic rings. The summed E-state index contributed by atoms with van der Waals surface area (Å²) in [6.07, 6.45) is -1.73. The molecule has 0 fully saturated rings. The third-order valence-corrected chi connectivity index (χ3v) is 5.90. The number of fused-ring (bicyclic) bond motifs is 1. The van der Waals surface area contributed by atoms with E-state index in [4.69, 9.17) is 0 Å². The Kier molecular flexibility index (Phi) is 5.54. The van der Waals surface area contributed by atoms with Crippen molar-refractivity contribution in [3.05, 3.63) is 89.0 Å². The molecule has 0 saturated carbocycles. The Morgan fingerprint density at radius 3 is 2.53 bits per heavy atom. The normalized spacial score (nSPS) is 11.7. The number of carbonyl (C=O) groups excluding carboxylic acids is 1. The number of aromatic nitrogens is 6. The smallest absolute Gasteiger partial charge is 0.306 e. The molecule has 0 atom stereocenters. The SMILES string of the molecule is Cc1cc(NC(=O)c2ccccc2C(F)(F)F)n(-c2ncnc3c2cnn3-c2cccc(C)c2C)n1. The molecule has 11 heteroatoms. The summed E-state index contributed by atoms with van der Waals surface area (Å²) in [5.41, 5.74) is 2.51. The van der Waals surface area contributed by atoms with Crippen molar-refractivity contribution >= 4 is 22.8 Å². The fraction of sp³-hybridized carbons (Fsp3) is 0.160. The number of anilines is 1. The van der Waals surface area contributed by atoms with Gasteiger partial charge < -0.3 is 5.32 Å². The molecule has 0 spiro atoms. The van der Waals surface area contributed by atoms with Gasteiger partial charge in [0.25, 0.3) is 5.91 Å². The highest BCUT2D eigenvalue weighted by molar-refractivity contribution is 6.05. The molecule has 2 aromatic carbocycles. The lowest BCUT2D eigenvalue weighted by Gasteiger charge is -2.13. The number of benzene rings is 2. The Labute approximate surface area is 203 Å². The number of hydrogen-bond acceptors (Lipinski definition) is 5. The standard InChI is InChI=1S/C25H20F3N7O/c1-14-7-6-10-20(16(14)3)34-22-18(12-31-34)23(30-13-29-22)35-21(11-15(2)33-35)32-24(36)17-8-4-5-9-19(17)25(26,27)28/h4-13H,1-3H3,(H,32,36). The average molecular weight is 491 g/mol. The average Bonchev–Trinajstić information content (AvgIpc) is 3.43. The van der Waals surface area contributed by atoms with E-state index in [-0.39, 0.29) is 5.82 Å². The van der Waals surface area contributed by atoms with Gasteiger partial charge in [0.1, 0.15) is 12.1 Å². The molecule has 0 unspecified atom stereocenters. The van der Waals surface area contributed by atoms with E-state index in [0.717, 1.165) is 28.9 Å². The van der Waals surface area contributed by atoms with Gasteiger partial charge in [0.05, 0.1) is 34.1 Å². The van der Waals surface area contributed by atoms with Gasteiger partial charge in [-0.1, -0.05) is 24.3 Å². The summed E-state index contributed by atoms with van der Waals surface area (Å²) in [6, 6.07) is 12.0. The van der Waals surface area contributed by atoms with Crippen molar-refractivity contribution in [3.8, 4) is 11.5 Å². The van der Waals surface area contributed by atoms with Crippen LogP contribution in [-0.2, 0) is 6.18 Å². The maximum atomic E-state index is 13.4. The molecule has 36 heavy (non-hydrogen) atoms. The molecule has 0 aliphatic rings. The lowest BCUT2D eigenvalue weighted by Crippen LogP contribution is -2.20. The second-order valence-corrected chi connectivity index (χ2v) is 8.29. The molecule has 0 radical (unpaired) electrons. The lowest BCUT2D eigenvalue weighted by molar-refractivity contribution is -0.137. The Morgan fingerprint density at radius 1 is 0.972 bits per heavy atom. The van der Waals surface area contributed by atoms with Crippen molar-refractivity contribution < 1.29 is 18.0 Å². The number of hydrogen-bond donors (Lipinski definition) is 1. The highest BCUT2D eigenvalue weighted by Gasteiger charge is 2.35. The molecule has 8 nitrogen and oxygen atoms in total. The van der Waals surface area contributed by atoms with Gasteiger partial charge in [-0.2, -0.15) is 28.1 Å². The van der Waals surface area contributed by atoms with Crippen LogP contribution in [0.4, 0.5) is 19.0 Å². The molecule has 0 saturated heterocycles.